The lowest BCUT2D eigenvalue weighted by atomic mass is 10.0. The van der Waals surface area contributed by atoms with Crippen molar-refractivity contribution in [2.45, 2.75) is 17.6 Å². The first-order valence-corrected chi connectivity index (χ1v) is 12.5. The Hall–Kier alpha value is -4.32. The number of anilines is 1. The average molecular weight is 588 g/mol. The van der Waals surface area contributed by atoms with Crippen molar-refractivity contribution in [3.05, 3.63) is 46.6 Å². The summed E-state index contributed by atoms with van der Waals surface area (Å²) in [5, 5.41) is 25.1. The Morgan fingerprint density at radius 1 is 1.23 bits per heavy atom. The molecule has 2 aliphatic heterocycles. The van der Waals surface area contributed by atoms with Crippen LogP contribution in [0, 0.1) is 0 Å². The minimum absolute atomic E-state index is 0.00507. The Labute approximate surface area is 224 Å². The number of amides is 2. The van der Waals surface area contributed by atoms with Crippen LogP contribution in [0.4, 0.5) is 18.3 Å². The van der Waals surface area contributed by atoms with Gasteiger partial charge < -0.3 is 30.8 Å². The molecule has 206 valence electrons. The first-order chi connectivity index (χ1) is 18.4. The number of fused-ring (bicyclic) bond motifs is 1. The summed E-state index contributed by atoms with van der Waals surface area (Å²) in [7, 11) is 0. The number of oxime groups is 1. The number of thiazole rings is 1. The summed E-state index contributed by atoms with van der Waals surface area (Å²) >= 11 is 2.16. The Balaban J connectivity index is 1.41. The van der Waals surface area contributed by atoms with Crippen molar-refractivity contribution in [3.63, 3.8) is 0 Å². The molecule has 39 heavy (non-hydrogen) atoms. The van der Waals surface area contributed by atoms with Crippen LogP contribution < -0.4 is 20.5 Å². The van der Waals surface area contributed by atoms with Crippen LogP contribution >= 0.6 is 23.1 Å². The Bertz CT molecular complexity index is 1390. The lowest BCUT2D eigenvalue weighted by Gasteiger charge is -2.49. The van der Waals surface area contributed by atoms with E-state index in [4.69, 9.17) is 10.5 Å². The molecule has 2 aromatic rings. The van der Waals surface area contributed by atoms with E-state index >= 15 is 0 Å². The number of β-lactam (4-membered cyclic amide) rings is 1. The molecule has 2 aliphatic rings. The van der Waals surface area contributed by atoms with E-state index < -0.39 is 47.1 Å². The summed E-state index contributed by atoms with van der Waals surface area (Å²) < 4.78 is 46.7. The Kier molecular flexibility index (Phi) is 7.68. The molecule has 4 rings (SSSR count). The molecule has 1 aromatic heterocycles. The number of nitrogen functional groups attached to an aromatic ring is 1. The molecular weight excluding hydrogens is 571 g/mol. The number of nitrogens with zero attached hydrogens (tertiary/aromatic N) is 3. The van der Waals surface area contributed by atoms with E-state index in [1.54, 1.807) is 0 Å². The van der Waals surface area contributed by atoms with E-state index in [0.29, 0.717) is 0 Å². The number of carboxylic acids is 1. The summed E-state index contributed by atoms with van der Waals surface area (Å²) in [5.41, 5.74) is 4.93. The molecule has 0 bridgehead atoms. The lowest BCUT2D eigenvalue weighted by Crippen LogP contribution is -2.71. The van der Waals surface area contributed by atoms with Crippen LogP contribution in [-0.2, 0) is 19.2 Å². The molecule has 2 atom stereocenters. The summed E-state index contributed by atoms with van der Waals surface area (Å²) in [6, 6.07) is 3.45. The third kappa shape index (κ3) is 5.75. The predicted octanol–water partition coefficient (Wildman–Crippen LogP) is 1.19. The normalized spacial score (nSPS) is 19.2. The molecule has 13 nitrogen and oxygen atoms in total. The topological polar surface area (TPSA) is 194 Å². The number of aromatic nitrogens is 1. The first-order valence-electron chi connectivity index (χ1n) is 10.6. The van der Waals surface area contributed by atoms with E-state index in [2.05, 4.69) is 20.2 Å². The summed E-state index contributed by atoms with van der Waals surface area (Å²) in [5.74, 6) is -5.58. The van der Waals surface area contributed by atoms with Gasteiger partial charge in [-0.25, -0.2) is 14.6 Å². The number of thioether (sulfide) groups is 1. The number of carbonyl (C=O) groups is 4. The van der Waals surface area contributed by atoms with Crippen LogP contribution in [0.25, 0.3) is 0 Å². The number of alkyl halides is 3. The van der Waals surface area contributed by atoms with Crippen LogP contribution in [0.5, 0.6) is 11.5 Å². The summed E-state index contributed by atoms with van der Waals surface area (Å²) in [6.07, 6.45) is -5.16. The Morgan fingerprint density at radius 3 is 2.46 bits per heavy atom. The third-order valence-corrected chi connectivity index (χ3v) is 7.31. The predicted molar refractivity (Wildman–Crippen MR) is 128 cm³/mol. The molecule has 18 heteroatoms. The van der Waals surface area contributed by atoms with Crippen molar-refractivity contribution >= 4 is 57.7 Å². The van der Waals surface area contributed by atoms with Crippen LogP contribution in [0.2, 0.25) is 0 Å². The molecule has 0 radical (unpaired) electrons. The molecule has 1 unspecified atom stereocenters. The molecule has 1 fully saturated rings. The minimum Gasteiger partial charge on any atom is -0.489 e. The van der Waals surface area contributed by atoms with Crippen molar-refractivity contribution in [2.75, 3.05) is 18.1 Å². The lowest BCUT2D eigenvalue weighted by molar-refractivity contribution is -0.189. The van der Waals surface area contributed by atoms with Gasteiger partial charge in [0.1, 0.15) is 40.9 Å². The fourth-order valence-electron chi connectivity index (χ4n) is 3.55. The number of nitrogens with one attached hydrogen (secondary N) is 1. The average Bonchev–Trinajstić information content (AvgIpc) is 3.31. The van der Waals surface area contributed by atoms with Crippen LogP contribution in [0.15, 0.2) is 46.1 Å². The van der Waals surface area contributed by atoms with Crippen molar-refractivity contribution < 1.29 is 52.1 Å². The summed E-state index contributed by atoms with van der Waals surface area (Å²) in [6.45, 7) is -0.281. The quantitative estimate of drug-likeness (QED) is 0.0865. The molecule has 1 aromatic carbocycles. The molecule has 0 spiro atoms. The number of benzene rings is 1. The fourth-order valence-corrected chi connectivity index (χ4v) is 5.43. The second-order valence-corrected chi connectivity index (χ2v) is 9.78. The van der Waals surface area contributed by atoms with Crippen molar-refractivity contribution in [1.29, 1.82) is 0 Å². The largest absolute Gasteiger partial charge is 0.491 e. The highest BCUT2D eigenvalue weighted by atomic mass is 32.2. The van der Waals surface area contributed by atoms with Crippen molar-refractivity contribution in [3.8, 4) is 11.5 Å². The molecule has 1 saturated heterocycles. The van der Waals surface area contributed by atoms with Crippen molar-refractivity contribution in [1.82, 2.24) is 15.2 Å². The van der Waals surface area contributed by atoms with Crippen molar-refractivity contribution in [2.24, 2.45) is 5.16 Å². The number of hydrogen-bond acceptors (Lipinski definition) is 12. The maximum atomic E-state index is 12.8. The maximum Gasteiger partial charge on any atom is 0.491 e. The second kappa shape index (κ2) is 10.8. The second-order valence-electron chi connectivity index (χ2n) is 7.79. The van der Waals surface area contributed by atoms with Crippen LogP contribution in [-0.4, -0.2) is 79.6 Å². The maximum absolute atomic E-state index is 12.8. The van der Waals surface area contributed by atoms with Gasteiger partial charge in [0.15, 0.2) is 10.8 Å². The smallest absolute Gasteiger partial charge is 0.489 e. The van der Waals surface area contributed by atoms with E-state index in [9.17, 15) is 42.7 Å². The summed E-state index contributed by atoms with van der Waals surface area (Å²) in [4.78, 5) is 53.2. The number of esters is 1. The monoisotopic (exact) mass is 587 g/mol. The zero-order chi connectivity index (χ0) is 28.5. The molecule has 5 N–H and O–H groups in total. The van der Waals surface area contributed by atoms with Gasteiger partial charge >= 0.3 is 18.1 Å². The minimum atomic E-state index is -5.16. The highest BCUT2D eigenvalue weighted by molar-refractivity contribution is 8.00. The van der Waals surface area contributed by atoms with Crippen LogP contribution in [0.3, 0.4) is 0 Å². The van der Waals surface area contributed by atoms with Gasteiger partial charge in [-0.3, -0.25) is 14.5 Å². The third-order valence-electron chi connectivity index (χ3n) is 5.29. The van der Waals surface area contributed by atoms with E-state index in [0.717, 1.165) is 40.1 Å². The number of rotatable bonds is 8. The van der Waals surface area contributed by atoms with E-state index in [-0.39, 0.29) is 46.0 Å². The zero-order valence-corrected chi connectivity index (χ0v) is 20.8. The van der Waals surface area contributed by atoms with E-state index in [1.165, 1.54) is 17.5 Å². The molecular formula is C21H16F3N5O8S2. The zero-order valence-electron chi connectivity index (χ0n) is 19.2. The Morgan fingerprint density at radius 2 is 1.90 bits per heavy atom. The SMILES string of the molecule is Nc1nc(C(=NO)C(=O)NC2C(=O)N3C(C(=O)O)=C(COc4ccc(OC(=O)C(F)(F)F)cc4)CS[C@@H]23)cs1. The first kappa shape index (κ1) is 27.7. The van der Waals surface area contributed by atoms with Gasteiger partial charge in [0.2, 0.25) is 0 Å². The number of nitrogens with two attached hydrogens (primary N) is 1. The number of carboxylic acid groups (broad SMARTS) is 1. The van der Waals surface area contributed by atoms with Gasteiger partial charge in [0.25, 0.3) is 11.8 Å². The van der Waals surface area contributed by atoms with Gasteiger partial charge in [-0.2, -0.15) is 13.2 Å². The number of halogens is 3. The number of ether oxygens (including phenoxy) is 2. The number of aliphatic carboxylic acids is 1. The molecule has 2 amide bonds. The van der Waals surface area contributed by atoms with Crippen LogP contribution in [0.1, 0.15) is 5.69 Å². The molecule has 0 saturated carbocycles. The van der Waals surface area contributed by atoms with Gasteiger partial charge in [-0.15, -0.1) is 23.1 Å². The van der Waals surface area contributed by atoms with Gasteiger partial charge in [-0.1, -0.05) is 5.16 Å². The van der Waals surface area contributed by atoms with Gasteiger partial charge in [0.05, 0.1) is 0 Å². The fraction of sp³-hybridized carbons (Fsp3) is 0.238. The molecule has 3 heterocycles. The number of hydrogen-bond donors (Lipinski definition) is 4. The highest BCUT2D eigenvalue weighted by Gasteiger charge is 2.54. The number of carbonyl (C=O) groups excluding carboxylic acids is 3. The molecule has 0 aliphatic carbocycles. The van der Waals surface area contributed by atoms with Gasteiger partial charge in [-0.05, 0) is 24.3 Å². The highest BCUT2D eigenvalue weighted by Crippen LogP contribution is 2.40. The standard InChI is InChI=1S/C21H16F3N5O8S2/c22-21(23,24)19(34)37-10-3-1-9(2-4-10)36-5-8-6-38-17-13(16(31)29(17)14(8)18(32)33)27-15(30)12(28-35)11-7-39-20(25)26-11/h1-4,7,13,17,35H,5-6H2,(H2,25,26)(H,27,30)(H,32,33)/t13?,17-/m0/s1. The van der Waals surface area contributed by atoms with E-state index in [1.807, 2.05) is 0 Å². The van der Waals surface area contributed by atoms with Gasteiger partial charge in [0, 0.05) is 16.7 Å².